The number of carboxylic acids is 1. The van der Waals surface area contributed by atoms with Crippen LogP contribution in [0.25, 0.3) is 0 Å². The van der Waals surface area contributed by atoms with E-state index in [1.54, 1.807) is 0 Å². The topological polar surface area (TPSA) is 95.9 Å². The molecule has 7 heteroatoms. The van der Waals surface area contributed by atoms with Crippen LogP contribution in [0.3, 0.4) is 0 Å². The molecule has 1 heterocycles. The first-order chi connectivity index (χ1) is 8.08. The molecule has 1 aliphatic heterocycles. The Morgan fingerprint density at radius 1 is 1.29 bits per heavy atom. The maximum atomic E-state index is 11.6. The third kappa shape index (κ3) is 4.93. The number of aliphatic hydroxyl groups excluding tert-OH is 1. The van der Waals surface area contributed by atoms with Gasteiger partial charge >= 0.3 is 5.97 Å². The van der Waals surface area contributed by atoms with Crippen LogP contribution in [0.5, 0.6) is 0 Å². The van der Waals surface area contributed by atoms with Gasteiger partial charge in [-0.05, 0) is 12.8 Å². The summed E-state index contributed by atoms with van der Waals surface area (Å²) < 4.78 is 5.18. The number of hydrogen-bond acceptors (Lipinski definition) is 5. The largest absolute Gasteiger partial charge is 0.481 e. The fourth-order valence-corrected chi connectivity index (χ4v) is 2.18. The van der Waals surface area contributed by atoms with Crippen molar-refractivity contribution in [2.45, 2.75) is 18.4 Å². The van der Waals surface area contributed by atoms with Gasteiger partial charge in [0.05, 0.1) is 23.7 Å². The van der Waals surface area contributed by atoms with E-state index in [1.807, 2.05) is 0 Å². The lowest BCUT2D eigenvalue weighted by atomic mass is 9.91. The van der Waals surface area contributed by atoms with Crippen molar-refractivity contribution in [3.8, 4) is 0 Å². The summed E-state index contributed by atoms with van der Waals surface area (Å²) in [6, 6.07) is 0. The van der Waals surface area contributed by atoms with Crippen molar-refractivity contribution < 1.29 is 24.5 Å². The highest BCUT2D eigenvalue weighted by Gasteiger charge is 2.33. The third-order valence-corrected chi connectivity index (χ3v) is 3.53. The highest BCUT2D eigenvalue weighted by Crippen LogP contribution is 2.20. The van der Waals surface area contributed by atoms with Gasteiger partial charge < -0.3 is 20.3 Å². The SMILES string of the molecule is O=C(O)CSCC(=O)NC1(CO)CCOCC1. The zero-order valence-electron chi connectivity index (χ0n) is 9.48. The predicted molar refractivity (Wildman–Crippen MR) is 63.0 cm³/mol. The van der Waals surface area contributed by atoms with Crippen molar-refractivity contribution in [3.05, 3.63) is 0 Å². The minimum absolute atomic E-state index is 0.0922. The van der Waals surface area contributed by atoms with Gasteiger partial charge in [-0.2, -0.15) is 0 Å². The predicted octanol–water partition coefficient (Wildman–Crippen LogP) is -0.538. The second-order valence-electron chi connectivity index (χ2n) is 3.99. The van der Waals surface area contributed by atoms with Crippen LogP contribution < -0.4 is 5.32 Å². The second-order valence-corrected chi connectivity index (χ2v) is 4.97. The molecule has 1 fully saturated rings. The summed E-state index contributed by atoms with van der Waals surface area (Å²) in [6.07, 6.45) is 1.16. The molecule has 0 atom stereocenters. The number of nitrogens with one attached hydrogen (secondary N) is 1. The van der Waals surface area contributed by atoms with Crippen molar-refractivity contribution in [2.24, 2.45) is 0 Å². The monoisotopic (exact) mass is 263 g/mol. The van der Waals surface area contributed by atoms with E-state index in [1.165, 1.54) is 0 Å². The lowest BCUT2D eigenvalue weighted by Crippen LogP contribution is -2.55. The van der Waals surface area contributed by atoms with Gasteiger partial charge in [-0.25, -0.2) is 0 Å². The highest BCUT2D eigenvalue weighted by molar-refractivity contribution is 8.00. The maximum Gasteiger partial charge on any atom is 0.313 e. The van der Waals surface area contributed by atoms with Gasteiger partial charge in [-0.15, -0.1) is 11.8 Å². The molecule has 0 aliphatic carbocycles. The second kappa shape index (κ2) is 6.83. The Morgan fingerprint density at radius 3 is 2.47 bits per heavy atom. The number of aliphatic carboxylic acids is 1. The molecular formula is C10H17NO5S. The molecular weight excluding hydrogens is 246 g/mol. The molecule has 1 rings (SSSR count). The van der Waals surface area contributed by atoms with Crippen molar-refractivity contribution in [1.82, 2.24) is 5.32 Å². The molecule has 1 amide bonds. The molecule has 17 heavy (non-hydrogen) atoms. The van der Waals surface area contributed by atoms with Gasteiger partial charge in [-0.3, -0.25) is 9.59 Å². The first-order valence-electron chi connectivity index (χ1n) is 5.37. The van der Waals surface area contributed by atoms with Crippen LogP contribution in [-0.2, 0) is 14.3 Å². The van der Waals surface area contributed by atoms with Crippen molar-refractivity contribution in [1.29, 1.82) is 0 Å². The maximum absolute atomic E-state index is 11.6. The molecule has 1 aliphatic rings. The normalized spacial score (nSPS) is 18.6. The Morgan fingerprint density at radius 2 is 1.94 bits per heavy atom. The molecule has 0 bridgehead atoms. The van der Waals surface area contributed by atoms with Crippen LogP contribution in [0.2, 0.25) is 0 Å². The Labute approximate surface area is 104 Å². The van der Waals surface area contributed by atoms with E-state index < -0.39 is 11.5 Å². The smallest absolute Gasteiger partial charge is 0.313 e. The Bertz CT molecular complexity index is 278. The van der Waals surface area contributed by atoms with Gasteiger partial charge in [0.25, 0.3) is 0 Å². The quantitative estimate of drug-likeness (QED) is 0.596. The Hall–Kier alpha value is -0.790. The average Bonchev–Trinajstić information content (AvgIpc) is 2.29. The molecule has 98 valence electrons. The van der Waals surface area contributed by atoms with Crippen LogP contribution in [0.4, 0.5) is 0 Å². The number of thioether (sulfide) groups is 1. The Kier molecular flexibility index (Phi) is 5.73. The van der Waals surface area contributed by atoms with Crippen molar-refractivity contribution >= 4 is 23.6 Å². The number of ether oxygens (including phenoxy) is 1. The van der Waals surface area contributed by atoms with Crippen LogP contribution in [-0.4, -0.2) is 59.0 Å². The lowest BCUT2D eigenvalue weighted by molar-refractivity contribution is -0.133. The molecule has 0 aromatic heterocycles. The van der Waals surface area contributed by atoms with Crippen LogP contribution in [0.1, 0.15) is 12.8 Å². The van der Waals surface area contributed by atoms with Crippen molar-refractivity contribution in [2.75, 3.05) is 31.3 Å². The van der Waals surface area contributed by atoms with Crippen LogP contribution in [0.15, 0.2) is 0 Å². The molecule has 1 saturated heterocycles. The fraction of sp³-hybridized carbons (Fsp3) is 0.800. The summed E-state index contributed by atoms with van der Waals surface area (Å²) in [5.41, 5.74) is -0.598. The minimum atomic E-state index is -0.939. The summed E-state index contributed by atoms with van der Waals surface area (Å²) in [6.45, 7) is 0.915. The number of carbonyl (C=O) groups excluding carboxylic acids is 1. The molecule has 0 saturated carbocycles. The van der Waals surface area contributed by atoms with E-state index in [2.05, 4.69) is 5.32 Å². The number of carbonyl (C=O) groups is 2. The fourth-order valence-electron chi connectivity index (χ4n) is 1.65. The summed E-state index contributed by atoms with van der Waals surface area (Å²) in [5.74, 6) is -1.18. The standard InChI is InChI=1S/C10H17NO5S/c12-7-10(1-3-16-4-2-10)11-8(13)5-17-6-9(14)15/h12H,1-7H2,(H,11,13)(H,14,15). The average molecular weight is 263 g/mol. The zero-order chi connectivity index (χ0) is 12.7. The highest BCUT2D eigenvalue weighted by atomic mass is 32.2. The summed E-state index contributed by atoms with van der Waals surface area (Å²) in [5, 5.41) is 20.5. The van der Waals surface area contributed by atoms with E-state index in [-0.39, 0.29) is 24.0 Å². The number of carboxylic acid groups (broad SMARTS) is 1. The van der Waals surface area contributed by atoms with E-state index >= 15 is 0 Å². The van der Waals surface area contributed by atoms with Gasteiger partial charge in [-0.1, -0.05) is 0 Å². The summed E-state index contributed by atoms with van der Waals surface area (Å²) >= 11 is 1.04. The minimum Gasteiger partial charge on any atom is -0.481 e. The lowest BCUT2D eigenvalue weighted by Gasteiger charge is -2.36. The molecule has 0 radical (unpaired) electrons. The number of hydrogen-bond donors (Lipinski definition) is 3. The van der Waals surface area contributed by atoms with E-state index in [0.29, 0.717) is 26.1 Å². The number of rotatable bonds is 6. The molecule has 0 aromatic carbocycles. The van der Waals surface area contributed by atoms with Gasteiger partial charge in [0, 0.05) is 13.2 Å². The first kappa shape index (κ1) is 14.3. The molecule has 0 spiro atoms. The first-order valence-corrected chi connectivity index (χ1v) is 6.53. The number of aliphatic hydroxyl groups is 1. The van der Waals surface area contributed by atoms with Crippen LogP contribution in [0, 0.1) is 0 Å². The molecule has 0 aromatic rings. The zero-order valence-corrected chi connectivity index (χ0v) is 10.3. The van der Waals surface area contributed by atoms with E-state index in [4.69, 9.17) is 9.84 Å². The van der Waals surface area contributed by atoms with Gasteiger partial charge in [0.15, 0.2) is 0 Å². The molecule has 6 nitrogen and oxygen atoms in total. The third-order valence-electron chi connectivity index (χ3n) is 2.62. The summed E-state index contributed by atoms with van der Waals surface area (Å²) in [4.78, 5) is 21.9. The number of amides is 1. The van der Waals surface area contributed by atoms with E-state index in [0.717, 1.165) is 11.8 Å². The summed E-state index contributed by atoms with van der Waals surface area (Å²) in [7, 11) is 0. The van der Waals surface area contributed by atoms with E-state index in [9.17, 15) is 14.7 Å². The molecule has 3 N–H and O–H groups in total. The van der Waals surface area contributed by atoms with Gasteiger partial charge in [0.2, 0.25) is 5.91 Å². The van der Waals surface area contributed by atoms with Gasteiger partial charge in [0.1, 0.15) is 0 Å². The van der Waals surface area contributed by atoms with Crippen molar-refractivity contribution in [3.63, 3.8) is 0 Å². The molecule has 0 unspecified atom stereocenters. The Balaban J connectivity index is 2.34. The van der Waals surface area contributed by atoms with Crippen LogP contribution >= 0.6 is 11.8 Å².